The van der Waals surface area contributed by atoms with Crippen molar-refractivity contribution >= 4 is 5.91 Å². The second kappa shape index (κ2) is 5.12. The lowest BCUT2D eigenvalue weighted by Crippen LogP contribution is -2.40. The number of aromatic amines is 1. The van der Waals surface area contributed by atoms with Crippen LogP contribution in [-0.4, -0.2) is 34.9 Å². The Balaban J connectivity index is 2.51. The number of aryl methyl sites for hydroxylation is 1. The number of aromatic nitrogens is 2. The van der Waals surface area contributed by atoms with Crippen molar-refractivity contribution in [3.63, 3.8) is 0 Å². The Hall–Kier alpha value is -1.36. The first-order valence-electron chi connectivity index (χ1n) is 5.38. The van der Waals surface area contributed by atoms with Crippen LogP contribution in [-0.2, 0) is 4.74 Å². The molecule has 0 saturated heterocycles. The maximum Gasteiger partial charge on any atom is 0.254 e. The maximum atomic E-state index is 11.8. The molecule has 16 heavy (non-hydrogen) atoms. The molecule has 0 fully saturated rings. The van der Waals surface area contributed by atoms with E-state index in [0.29, 0.717) is 18.7 Å². The summed E-state index contributed by atoms with van der Waals surface area (Å²) in [7, 11) is 0. The van der Waals surface area contributed by atoms with E-state index in [4.69, 9.17) is 4.74 Å². The van der Waals surface area contributed by atoms with Gasteiger partial charge in [0.15, 0.2) is 0 Å². The van der Waals surface area contributed by atoms with Crippen LogP contribution in [0.5, 0.6) is 0 Å². The number of H-pyrrole nitrogens is 1. The van der Waals surface area contributed by atoms with Gasteiger partial charge in [-0.15, -0.1) is 0 Å². The molecule has 1 aromatic heterocycles. The van der Waals surface area contributed by atoms with Crippen molar-refractivity contribution in [2.45, 2.75) is 33.3 Å². The van der Waals surface area contributed by atoms with E-state index in [1.165, 1.54) is 6.20 Å². The van der Waals surface area contributed by atoms with Gasteiger partial charge in [0, 0.05) is 18.8 Å². The molecule has 1 aromatic rings. The molecule has 0 aliphatic rings. The largest absolute Gasteiger partial charge is 0.374 e. The highest BCUT2D eigenvalue weighted by Gasteiger charge is 2.19. The predicted molar refractivity (Wildman–Crippen MR) is 61.4 cm³/mol. The first-order chi connectivity index (χ1) is 7.46. The van der Waals surface area contributed by atoms with Crippen LogP contribution in [0, 0.1) is 6.92 Å². The second-order valence-corrected chi connectivity index (χ2v) is 4.28. The maximum absolute atomic E-state index is 11.8. The standard InChI is InChI=1S/C11H19N3O2/c1-5-16-11(3,4)7-12-10(15)9-6-13-14-8(9)2/h6H,5,7H2,1-4H3,(H,12,15)(H,13,14). The highest BCUT2D eigenvalue weighted by atomic mass is 16.5. The van der Waals surface area contributed by atoms with Crippen molar-refractivity contribution in [1.82, 2.24) is 15.5 Å². The lowest BCUT2D eigenvalue weighted by atomic mass is 10.1. The Morgan fingerprint density at radius 2 is 2.31 bits per heavy atom. The summed E-state index contributed by atoms with van der Waals surface area (Å²) in [6.45, 7) is 8.75. The Labute approximate surface area is 95.6 Å². The summed E-state index contributed by atoms with van der Waals surface area (Å²) in [5, 5.41) is 9.36. The summed E-state index contributed by atoms with van der Waals surface area (Å²) in [6, 6.07) is 0. The number of ether oxygens (including phenoxy) is 1. The molecule has 2 N–H and O–H groups in total. The van der Waals surface area contributed by atoms with Crippen molar-refractivity contribution in [1.29, 1.82) is 0 Å². The van der Waals surface area contributed by atoms with Crippen LogP contribution < -0.4 is 5.32 Å². The van der Waals surface area contributed by atoms with Crippen molar-refractivity contribution in [2.24, 2.45) is 0 Å². The Kier molecular flexibility index (Phi) is 4.06. The first-order valence-corrected chi connectivity index (χ1v) is 5.38. The topological polar surface area (TPSA) is 67.0 Å². The fourth-order valence-electron chi connectivity index (χ4n) is 1.41. The molecular formula is C11H19N3O2. The summed E-state index contributed by atoms with van der Waals surface area (Å²) in [5.74, 6) is -0.126. The monoisotopic (exact) mass is 225 g/mol. The van der Waals surface area contributed by atoms with Gasteiger partial charge in [0.2, 0.25) is 0 Å². The summed E-state index contributed by atoms with van der Waals surface area (Å²) >= 11 is 0. The van der Waals surface area contributed by atoms with E-state index in [1.54, 1.807) is 0 Å². The molecule has 0 bridgehead atoms. The molecule has 1 amide bonds. The SMILES string of the molecule is CCOC(C)(C)CNC(=O)c1cn[nH]c1C. The number of nitrogens with one attached hydrogen (secondary N) is 2. The molecule has 1 heterocycles. The average Bonchev–Trinajstić information content (AvgIpc) is 2.61. The van der Waals surface area contributed by atoms with Gasteiger partial charge < -0.3 is 10.1 Å². The van der Waals surface area contributed by atoms with E-state index in [2.05, 4.69) is 15.5 Å². The van der Waals surface area contributed by atoms with Crippen LogP contribution >= 0.6 is 0 Å². The zero-order chi connectivity index (χ0) is 12.2. The van der Waals surface area contributed by atoms with E-state index in [9.17, 15) is 4.79 Å². The number of carbonyl (C=O) groups is 1. The predicted octanol–water partition coefficient (Wildman–Crippen LogP) is 1.26. The van der Waals surface area contributed by atoms with Crippen molar-refractivity contribution in [3.05, 3.63) is 17.5 Å². The van der Waals surface area contributed by atoms with Gasteiger partial charge in [-0.3, -0.25) is 9.89 Å². The van der Waals surface area contributed by atoms with Crippen molar-refractivity contribution in [3.8, 4) is 0 Å². The first kappa shape index (κ1) is 12.7. The van der Waals surface area contributed by atoms with Crippen LogP contribution in [0.1, 0.15) is 36.8 Å². The number of hydrogen-bond donors (Lipinski definition) is 2. The lowest BCUT2D eigenvalue weighted by molar-refractivity contribution is -0.00816. The van der Waals surface area contributed by atoms with Gasteiger partial charge in [0.25, 0.3) is 5.91 Å². The van der Waals surface area contributed by atoms with Gasteiger partial charge in [-0.1, -0.05) is 0 Å². The summed E-state index contributed by atoms with van der Waals surface area (Å²) < 4.78 is 5.49. The van der Waals surface area contributed by atoms with Crippen LogP contribution in [0.25, 0.3) is 0 Å². The van der Waals surface area contributed by atoms with Crippen LogP contribution in [0.4, 0.5) is 0 Å². The molecule has 0 radical (unpaired) electrons. The minimum absolute atomic E-state index is 0.126. The van der Waals surface area contributed by atoms with E-state index >= 15 is 0 Å². The molecule has 90 valence electrons. The van der Waals surface area contributed by atoms with Gasteiger partial charge in [0.05, 0.1) is 17.4 Å². The van der Waals surface area contributed by atoms with E-state index < -0.39 is 0 Å². The fourth-order valence-corrected chi connectivity index (χ4v) is 1.41. The quantitative estimate of drug-likeness (QED) is 0.792. The third-order valence-corrected chi connectivity index (χ3v) is 2.28. The summed E-state index contributed by atoms with van der Waals surface area (Å²) in [6.07, 6.45) is 1.53. The van der Waals surface area contributed by atoms with Gasteiger partial charge in [-0.05, 0) is 27.7 Å². The Bertz CT molecular complexity index is 358. The normalized spacial score (nSPS) is 11.5. The minimum Gasteiger partial charge on any atom is -0.374 e. The van der Waals surface area contributed by atoms with Gasteiger partial charge in [-0.2, -0.15) is 5.10 Å². The number of hydrogen-bond acceptors (Lipinski definition) is 3. The third-order valence-electron chi connectivity index (χ3n) is 2.28. The third kappa shape index (κ3) is 3.34. The molecule has 0 unspecified atom stereocenters. The van der Waals surface area contributed by atoms with E-state index in [1.807, 2.05) is 27.7 Å². The minimum atomic E-state index is -0.345. The molecule has 5 heteroatoms. The number of amides is 1. The second-order valence-electron chi connectivity index (χ2n) is 4.28. The van der Waals surface area contributed by atoms with Crippen molar-refractivity contribution < 1.29 is 9.53 Å². The Morgan fingerprint density at radius 3 is 2.81 bits per heavy atom. The number of rotatable bonds is 5. The van der Waals surface area contributed by atoms with Gasteiger partial charge >= 0.3 is 0 Å². The van der Waals surface area contributed by atoms with E-state index in [0.717, 1.165) is 5.69 Å². The highest BCUT2D eigenvalue weighted by molar-refractivity contribution is 5.94. The van der Waals surface area contributed by atoms with Gasteiger partial charge in [0.1, 0.15) is 0 Å². The fraction of sp³-hybridized carbons (Fsp3) is 0.636. The molecular weight excluding hydrogens is 206 g/mol. The molecule has 0 aliphatic heterocycles. The van der Waals surface area contributed by atoms with Crippen molar-refractivity contribution in [2.75, 3.05) is 13.2 Å². The molecule has 0 spiro atoms. The molecule has 1 rings (SSSR count). The Morgan fingerprint density at radius 1 is 1.62 bits per heavy atom. The number of nitrogens with zero attached hydrogens (tertiary/aromatic N) is 1. The summed E-state index contributed by atoms with van der Waals surface area (Å²) in [5.41, 5.74) is 1.00. The lowest BCUT2D eigenvalue weighted by Gasteiger charge is -2.24. The molecule has 0 aliphatic carbocycles. The molecule has 0 aromatic carbocycles. The van der Waals surface area contributed by atoms with Crippen LogP contribution in [0.2, 0.25) is 0 Å². The number of carbonyl (C=O) groups excluding carboxylic acids is 1. The zero-order valence-electron chi connectivity index (χ0n) is 10.3. The average molecular weight is 225 g/mol. The summed E-state index contributed by atoms with van der Waals surface area (Å²) in [4.78, 5) is 11.8. The molecule has 0 saturated carbocycles. The molecule has 0 atom stereocenters. The van der Waals surface area contributed by atoms with Crippen LogP contribution in [0.15, 0.2) is 6.20 Å². The van der Waals surface area contributed by atoms with E-state index in [-0.39, 0.29) is 11.5 Å². The van der Waals surface area contributed by atoms with Crippen LogP contribution in [0.3, 0.4) is 0 Å². The highest BCUT2D eigenvalue weighted by Crippen LogP contribution is 2.08. The van der Waals surface area contributed by atoms with Gasteiger partial charge in [-0.25, -0.2) is 0 Å². The molecule has 5 nitrogen and oxygen atoms in total. The smallest absolute Gasteiger partial charge is 0.254 e. The zero-order valence-corrected chi connectivity index (χ0v) is 10.3.